The van der Waals surface area contributed by atoms with Gasteiger partial charge in [-0.25, -0.2) is 9.37 Å². The number of rotatable bonds is 5. The number of halogens is 1. The minimum Gasteiger partial charge on any atom is -0.357 e. The first-order valence-electron chi connectivity index (χ1n) is 9.25. The maximum atomic E-state index is 15.0. The average Bonchev–Trinajstić information content (AvgIpc) is 3.40. The molecule has 0 spiro atoms. The first kappa shape index (κ1) is 18.5. The van der Waals surface area contributed by atoms with Crippen molar-refractivity contribution in [3.63, 3.8) is 0 Å². The molecule has 0 aliphatic carbocycles. The minimum absolute atomic E-state index is 0.163. The van der Waals surface area contributed by atoms with Gasteiger partial charge in [-0.2, -0.15) is 4.98 Å². The quantitative estimate of drug-likeness (QED) is 0.698. The number of benzene rings is 1. The van der Waals surface area contributed by atoms with Crippen molar-refractivity contribution >= 4 is 28.1 Å². The molecule has 7 nitrogen and oxygen atoms in total. The number of nitrogens with one attached hydrogen (secondary N) is 1. The van der Waals surface area contributed by atoms with Crippen LogP contribution >= 0.6 is 11.3 Å². The van der Waals surface area contributed by atoms with E-state index in [0.717, 1.165) is 12.8 Å². The number of hydrogen-bond acceptors (Lipinski definition) is 7. The van der Waals surface area contributed by atoms with E-state index in [0.29, 0.717) is 47.5 Å². The fourth-order valence-electron chi connectivity index (χ4n) is 3.36. The maximum absolute atomic E-state index is 15.0. The molecule has 28 heavy (non-hydrogen) atoms. The fraction of sp³-hybridized carbons (Fsp3) is 0.368. The topological polar surface area (TPSA) is 84.2 Å². The Morgan fingerprint density at radius 3 is 3.04 bits per heavy atom. The van der Waals surface area contributed by atoms with Gasteiger partial charge in [0.15, 0.2) is 5.13 Å². The number of aryl methyl sites for hydroxylation is 1. The van der Waals surface area contributed by atoms with Crippen molar-refractivity contribution in [1.29, 1.82) is 0 Å². The fourth-order valence-corrected chi connectivity index (χ4v) is 3.89. The molecule has 1 aliphatic rings. The summed E-state index contributed by atoms with van der Waals surface area (Å²) in [6.45, 7) is 2.53. The Balaban J connectivity index is 1.57. The summed E-state index contributed by atoms with van der Waals surface area (Å²) in [6.07, 6.45) is 4.77. The highest BCUT2D eigenvalue weighted by molar-refractivity contribution is 7.13. The van der Waals surface area contributed by atoms with Crippen molar-refractivity contribution in [2.75, 3.05) is 16.8 Å². The minimum atomic E-state index is -0.435. The van der Waals surface area contributed by atoms with Gasteiger partial charge in [0, 0.05) is 30.1 Å². The summed E-state index contributed by atoms with van der Waals surface area (Å²) in [6, 6.07) is 4.40. The zero-order valence-electron chi connectivity index (χ0n) is 15.4. The molecule has 3 heterocycles. The summed E-state index contributed by atoms with van der Waals surface area (Å²) >= 11 is 1.36. The van der Waals surface area contributed by atoms with Gasteiger partial charge >= 0.3 is 0 Å². The van der Waals surface area contributed by atoms with Gasteiger partial charge in [-0.3, -0.25) is 4.79 Å². The number of hydrogen-bond donors (Lipinski definition) is 1. The molecule has 9 heteroatoms. The Bertz CT molecular complexity index is 959. The van der Waals surface area contributed by atoms with Crippen LogP contribution in [-0.4, -0.2) is 33.6 Å². The first-order chi connectivity index (χ1) is 13.7. The molecule has 2 aromatic heterocycles. The molecule has 1 aliphatic heterocycles. The van der Waals surface area contributed by atoms with Crippen molar-refractivity contribution < 1.29 is 13.7 Å². The Morgan fingerprint density at radius 1 is 1.43 bits per heavy atom. The van der Waals surface area contributed by atoms with Crippen LogP contribution in [0, 0.1) is 5.82 Å². The van der Waals surface area contributed by atoms with Crippen molar-refractivity contribution in [2.24, 2.45) is 0 Å². The standard InChI is InChI=1S/C19H20FN5O2S/c1-2-16-22-17(24-27-16)12-6-7-14(13(20)11-12)25-9-4-3-5-15(25)18(26)23-19-21-8-10-28-19/h6-8,10-11,15H,2-5,9H2,1H3,(H,21,23,26). The SMILES string of the molecule is CCc1nc(-c2ccc(N3CCCCC3C(=O)Nc3nccs3)c(F)c2)no1. The lowest BCUT2D eigenvalue weighted by atomic mass is 10.00. The maximum Gasteiger partial charge on any atom is 0.248 e. The van der Waals surface area contributed by atoms with Crippen molar-refractivity contribution in [3.05, 3.63) is 41.5 Å². The molecular formula is C19H20FN5O2S. The van der Waals surface area contributed by atoms with E-state index in [1.807, 2.05) is 11.8 Å². The third-order valence-corrected chi connectivity index (χ3v) is 5.44. The van der Waals surface area contributed by atoms with Crippen LogP contribution in [0.5, 0.6) is 0 Å². The van der Waals surface area contributed by atoms with Gasteiger partial charge in [0.2, 0.25) is 17.6 Å². The first-order valence-corrected chi connectivity index (χ1v) is 10.1. The predicted molar refractivity (Wildman–Crippen MR) is 105 cm³/mol. The second kappa shape index (κ2) is 8.05. The molecular weight excluding hydrogens is 381 g/mol. The van der Waals surface area contributed by atoms with Crippen LogP contribution in [0.15, 0.2) is 34.3 Å². The molecule has 1 amide bonds. The number of carbonyl (C=O) groups is 1. The monoisotopic (exact) mass is 401 g/mol. The van der Waals surface area contributed by atoms with E-state index < -0.39 is 11.9 Å². The summed E-state index contributed by atoms with van der Waals surface area (Å²) in [7, 11) is 0. The van der Waals surface area contributed by atoms with E-state index in [-0.39, 0.29) is 5.91 Å². The molecule has 1 N–H and O–H groups in total. The summed E-state index contributed by atoms with van der Waals surface area (Å²) in [4.78, 5) is 22.9. The number of thiazole rings is 1. The van der Waals surface area contributed by atoms with Crippen molar-refractivity contribution in [3.8, 4) is 11.4 Å². The number of nitrogens with zero attached hydrogens (tertiary/aromatic N) is 4. The highest BCUT2D eigenvalue weighted by Crippen LogP contribution is 2.30. The second-order valence-electron chi connectivity index (χ2n) is 6.56. The smallest absolute Gasteiger partial charge is 0.248 e. The molecule has 1 atom stereocenters. The lowest BCUT2D eigenvalue weighted by Gasteiger charge is -2.36. The number of piperidine rings is 1. The van der Waals surface area contributed by atoms with E-state index >= 15 is 0 Å². The number of aromatic nitrogens is 3. The molecule has 0 saturated carbocycles. The van der Waals surface area contributed by atoms with Gasteiger partial charge in [-0.15, -0.1) is 11.3 Å². The number of anilines is 2. The van der Waals surface area contributed by atoms with Gasteiger partial charge in [0.25, 0.3) is 0 Å². The van der Waals surface area contributed by atoms with Crippen LogP contribution in [0.3, 0.4) is 0 Å². The Labute approximate surface area is 165 Å². The Kier molecular flexibility index (Phi) is 5.34. The van der Waals surface area contributed by atoms with Crippen LogP contribution in [0.1, 0.15) is 32.1 Å². The van der Waals surface area contributed by atoms with Crippen molar-refractivity contribution in [2.45, 2.75) is 38.6 Å². The van der Waals surface area contributed by atoms with Gasteiger partial charge < -0.3 is 14.7 Å². The van der Waals surface area contributed by atoms with Crippen LogP contribution < -0.4 is 10.2 Å². The highest BCUT2D eigenvalue weighted by Gasteiger charge is 2.31. The van der Waals surface area contributed by atoms with Crippen LogP contribution in [0.2, 0.25) is 0 Å². The molecule has 146 valence electrons. The summed E-state index contributed by atoms with van der Waals surface area (Å²) in [5, 5.41) is 9.07. The van der Waals surface area contributed by atoms with E-state index in [2.05, 4.69) is 20.4 Å². The molecule has 3 aromatic rings. The third-order valence-electron chi connectivity index (χ3n) is 4.75. The average molecular weight is 401 g/mol. The van der Waals surface area contributed by atoms with Crippen molar-refractivity contribution in [1.82, 2.24) is 15.1 Å². The van der Waals surface area contributed by atoms with E-state index in [1.54, 1.807) is 23.7 Å². The van der Waals surface area contributed by atoms with Crippen LogP contribution in [-0.2, 0) is 11.2 Å². The molecule has 1 aromatic carbocycles. The van der Waals surface area contributed by atoms with Gasteiger partial charge in [0.1, 0.15) is 11.9 Å². The Hall–Kier alpha value is -2.81. The van der Waals surface area contributed by atoms with Crippen LogP contribution in [0.25, 0.3) is 11.4 Å². The lowest BCUT2D eigenvalue weighted by molar-refractivity contribution is -0.117. The molecule has 1 fully saturated rings. The van der Waals surface area contributed by atoms with E-state index in [9.17, 15) is 9.18 Å². The molecule has 0 bridgehead atoms. The highest BCUT2D eigenvalue weighted by atomic mass is 32.1. The Morgan fingerprint density at radius 2 is 2.32 bits per heavy atom. The van der Waals surface area contributed by atoms with Gasteiger partial charge in [0.05, 0.1) is 5.69 Å². The summed E-state index contributed by atoms with van der Waals surface area (Å²) in [5.41, 5.74) is 0.951. The normalized spacial score (nSPS) is 16.9. The van der Waals surface area contributed by atoms with Gasteiger partial charge in [-0.1, -0.05) is 12.1 Å². The van der Waals surface area contributed by atoms with E-state index in [1.165, 1.54) is 17.4 Å². The molecule has 1 unspecified atom stereocenters. The molecule has 1 saturated heterocycles. The zero-order valence-corrected chi connectivity index (χ0v) is 16.2. The summed E-state index contributed by atoms with van der Waals surface area (Å²) < 4.78 is 20.1. The number of carbonyl (C=O) groups excluding carboxylic acids is 1. The zero-order chi connectivity index (χ0) is 19.5. The summed E-state index contributed by atoms with van der Waals surface area (Å²) in [5.74, 6) is 0.298. The van der Waals surface area contributed by atoms with Crippen LogP contribution in [0.4, 0.5) is 15.2 Å². The molecule has 0 radical (unpaired) electrons. The lowest BCUT2D eigenvalue weighted by Crippen LogP contribution is -2.47. The number of amides is 1. The predicted octanol–water partition coefficient (Wildman–Crippen LogP) is 3.89. The van der Waals surface area contributed by atoms with Gasteiger partial charge in [-0.05, 0) is 37.5 Å². The largest absolute Gasteiger partial charge is 0.357 e. The third kappa shape index (κ3) is 3.75. The van der Waals surface area contributed by atoms with E-state index in [4.69, 9.17) is 4.52 Å². The molecule has 4 rings (SSSR count). The second-order valence-corrected chi connectivity index (χ2v) is 7.46.